The van der Waals surface area contributed by atoms with Gasteiger partial charge in [0.25, 0.3) is 0 Å². The molecule has 0 N–H and O–H groups in total. The molecule has 1 aliphatic rings. The number of nitrogens with zero attached hydrogens (tertiary/aromatic N) is 4. The Balaban J connectivity index is 1.39. The summed E-state index contributed by atoms with van der Waals surface area (Å²) in [5.74, 6) is 1.05. The van der Waals surface area contributed by atoms with E-state index in [9.17, 15) is 4.79 Å². The molecule has 4 rings (SSSR count). The maximum atomic E-state index is 13.2. The van der Waals surface area contributed by atoms with Crippen molar-refractivity contribution in [3.8, 4) is 0 Å². The topological polar surface area (TPSA) is 49.3 Å². The van der Waals surface area contributed by atoms with Crippen LogP contribution in [0.5, 0.6) is 0 Å². The molecular formula is C24H28N4OS. The van der Waals surface area contributed by atoms with E-state index in [-0.39, 0.29) is 11.8 Å². The lowest BCUT2D eigenvalue weighted by atomic mass is 9.95. The number of rotatable bonds is 6. The molecule has 0 bridgehead atoms. The van der Waals surface area contributed by atoms with Gasteiger partial charge in [0.1, 0.15) is 5.82 Å². The van der Waals surface area contributed by atoms with Crippen LogP contribution in [0.2, 0.25) is 0 Å². The first-order valence-electron chi connectivity index (χ1n) is 10.7. The van der Waals surface area contributed by atoms with Gasteiger partial charge in [0.2, 0.25) is 11.0 Å². The van der Waals surface area contributed by atoms with Gasteiger partial charge in [0.15, 0.2) is 0 Å². The average molecular weight is 421 g/mol. The number of amides is 1. The van der Waals surface area contributed by atoms with Crippen LogP contribution in [-0.2, 0) is 11.2 Å². The Labute approximate surface area is 182 Å². The van der Waals surface area contributed by atoms with Gasteiger partial charge in [-0.3, -0.25) is 4.79 Å². The predicted molar refractivity (Wildman–Crippen MR) is 122 cm³/mol. The van der Waals surface area contributed by atoms with E-state index in [1.165, 1.54) is 17.1 Å². The minimum atomic E-state index is -0.0586. The Morgan fingerprint density at radius 2 is 1.73 bits per heavy atom. The fourth-order valence-corrected chi connectivity index (χ4v) is 4.75. The summed E-state index contributed by atoms with van der Waals surface area (Å²) in [5, 5.41) is 0.963. The Bertz CT molecular complexity index is 944. The molecule has 0 saturated carbocycles. The molecule has 30 heavy (non-hydrogen) atoms. The number of anilines is 1. The van der Waals surface area contributed by atoms with Crippen LogP contribution >= 0.6 is 11.5 Å². The minimum Gasteiger partial charge on any atom is -0.345 e. The Kier molecular flexibility index (Phi) is 6.74. The summed E-state index contributed by atoms with van der Waals surface area (Å²) < 4.78 is 4.56. The van der Waals surface area contributed by atoms with E-state index in [2.05, 4.69) is 40.5 Å². The quantitative estimate of drug-likeness (QED) is 0.594. The van der Waals surface area contributed by atoms with Crippen molar-refractivity contribution in [2.45, 2.75) is 32.1 Å². The van der Waals surface area contributed by atoms with E-state index in [0.29, 0.717) is 0 Å². The van der Waals surface area contributed by atoms with Crippen LogP contribution in [0.3, 0.4) is 0 Å². The van der Waals surface area contributed by atoms with E-state index in [4.69, 9.17) is 4.98 Å². The molecule has 1 aliphatic heterocycles. The highest BCUT2D eigenvalue weighted by molar-refractivity contribution is 7.09. The third kappa shape index (κ3) is 4.87. The molecule has 0 unspecified atom stereocenters. The van der Waals surface area contributed by atoms with Crippen molar-refractivity contribution in [3.05, 3.63) is 77.6 Å². The van der Waals surface area contributed by atoms with Crippen molar-refractivity contribution in [2.24, 2.45) is 0 Å². The zero-order chi connectivity index (χ0) is 20.8. The third-order valence-corrected chi connectivity index (χ3v) is 6.46. The molecule has 5 nitrogen and oxygen atoms in total. The van der Waals surface area contributed by atoms with E-state index >= 15 is 0 Å². The van der Waals surface area contributed by atoms with E-state index in [1.807, 2.05) is 41.3 Å². The summed E-state index contributed by atoms with van der Waals surface area (Å²) in [6.45, 7) is 5.34. The maximum Gasteiger partial charge on any atom is 0.230 e. The lowest BCUT2D eigenvalue weighted by Gasteiger charge is -2.26. The van der Waals surface area contributed by atoms with Crippen LogP contribution in [-0.4, -0.2) is 46.3 Å². The smallest absolute Gasteiger partial charge is 0.230 e. The molecule has 6 heteroatoms. The second-order valence-corrected chi connectivity index (χ2v) is 8.42. The molecule has 1 amide bonds. The molecule has 0 spiro atoms. The molecule has 2 heterocycles. The van der Waals surface area contributed by atoms with E-state index in [1.54, 1.807) is 0 Å². The molecule has 1 fully saturated rings. The summed E-state index contributed by atoms with van der Waals surface area (Å²) in [4.78, 5) is 22.3. The first-order chi connectivity index (χ1) is 14.7. The SMILES string of the molecule is CC[C@H](C(=O)N1CCCN(c2nc(Cc3ccccc3)ns2)CC1)c1ccccc1. The number of hydrogen-bond donors (Lipinski definition) is 0. The standard InChI is InChI=1S/C24H28N4OS/c1-2-21(20-12-7-4-8-13-20)23(29)27-14-9-15-28(17-16-27)24-25-22(26-30-24)18-19-10-5-3-6-11-19/h3-8,10-13,21H,2,9,14-18H2,1H3/t21-/m0/s1. The van der Waals surface area contributed by atoms with Crippen LogP contribution in [0.1, 0.15) is 42.6 Å². The van der Waals surface area contributed by atoms with Crippen LogP contribution < -0.4 is 4.90 Å². The summed E-state index contributed by atoms with van der Waals surface area (Å²) in [5.41, 5.74) is 2.33. The lowest BCUT2D eigenvalue weighted by Crippen LogP contribution is -2.38. The van der Waals surface area contributed by atoms with Gasteiger partial charge in [-0.15, -0.1) is 0 Å². The Hall–Kier alpha value is -2.73. The monoisotopic (exact) mass is 420 g/mol. The zero-order valence-corrected chi connectivity index (χ0v) is 18.2. The highest BCUT2D eigenvalue weighted by atomic mass is 32.1. The van der Waals surface area contributed by atoms with E-state index in [0.717, 1.165) is 62.0 Å². The molecule has 0 radical (unpaired) electrons. The lowest BCUT2D eigenvalue weighted by molar-refractivity contribution is -0.132. The number of aromatic nitrogens is 2. The Morgan fingerprint density at radius 3 is 2.47 bits per heavy atom. The first kappa shape index (κ1) is 20.5. The normalized spacial score (nSPS) is 15.6. The Morgan fingerprint density at radius 1 is 1.00 bits per heavy atom. The molecule has 2 aromatic carbocycles. The van der Waals surface area contributed by atoms with Crippen molar-refractivity contribution in [1.82, 2.24) is 14.3 Å². The molecule has 1 saturated heterocycles. The fraction of sp³-hybridized carbons (Fsp3) is 0.375. The van der Waals surface area contributed by atoms with Crippen LogP contribution in [0.25, 0.3) is 0 Å². The number of benzene rings is 2. The van der Waals surface area contributed by atoms with Gasteiger partial charge in [-0.25, -0.2) is 4.98 Å². The van der Waals surface area contributed by atoms with Gasteiger partial charge in [-0.1, -0.05) is 67.6 Å². The summed E-state index contributed by atoms with van der Waals surface area (Å²) in [6, 6.07) is 20.5. The van der Waals surface area contributed by atoms with Crippen molar-refractivity contribution >= 4 is 22.6 Å². The molecule has 1 aromatic heterocycles. The minimum absolute atomic E-state index is 0.0586. The van der Waals surface area contributed by atoms with Gasteiger partial charge in [-0.05, 0) is 24.0 Å². The van der Waals surface area contributed by atoms with Gasteiger partial charge in [0.05, 0.1) is 5.92 Å². The first-order valence-corrected chi connectivity index (χ1v) is 11.5. The summed E-state index contributed by atoms with van der Waals surface area (Å²) in [6.07, 6.45) is 2.53. The summed E-state index contributed by atoms with van der Waals surface area (Å²) in [7, 11) is 0. The number of carbonyl (C=O) groups excluding carboxylic acids is 1. The van der Waals surface area contributed by atoms with Gasteiger partial charge in [-0.2, -0.15) is 4.37 Å². The van der Waals surface area contributed by atoms with Crippen molar-refractivity contribution in [2.75, 3.05) is 31.1 Å². The van der Waals surface area contributed by atoms with Gasteiger partial charge in [0, 0.05) is 44.1 Å². The van der Waals surface area contributed by atoms with E-state index < -0.39 is 0 Å². The largest absolute Gasteiger partial charge is 0.345 e. The highest BCUT2D eigenvalue weighted by Gasteiger charge is 2.27. The maximum absolute atomic E-state index is 13.2. The molecular weight excluding hydrogens is 392 g/mol. The predicted octanol–water partition coefficient (Wildman–Crippen LogP) is 4.36. The van der Waals surface area contributed by atoms with Crippen LogP contribution in [0.15, 0.2) is 60.7 Å². The van der Waals surface area contributed by atoms with Crippen molar-refractivity contribution in [1.29, 1.82) is 0 Å². The van der Waals surface area contributed by atoms with Gasteiger partial charge >= 0.3 is 0 Å². The fourth-order valence-electron chi connectivity index (χ4n) is 4.01. The van der Waals surface area contributed by atoms with Gasteiger partial charge < -0.3 is 9.80 Å². The third-order valence-electron chi connectivity index (χ3n) is 5.65. The number of hydrogen-bond acceptors (Lipinski definition) is 5. The summed E-state index contributed by atoms with van der Waals surface area (Å²) >= 11 is 1.46. The average Bonchev–Trinajstić information content (AvgIpc) is 3.10. The molecule has 3 aromatic rings. The number of carbonyl (C=O) groups is 1. The van der Waals surface area contributed by atoms with Crippen molar-refractivity contribution < 1.29 is 4.79 Å². The van der Waals surface area contributed by atoms with Crippen LogP contribution in [0.4, 0.5) is 5.13 Å². The molecule has 1 atom stereocenters. The second kappa shape index (κ2) is 9.85. The second-order valence-electron chi connectivity index (χ2n) is 7.69. The zero-order valence-electron chi connectivity index (χ0n) is 17.4. The molecule has 0 aliphatic carbocycles. The molecule has 156 valence electrons. The highest BCUT2D eigenvalue weighted by Crippen LogP contribution is 2.24. The van der Waals surface area contributed by atoms with Crippen LogP contribution in [0, 0.1) is 0 Å². The van der Waals surface area contributed by atoms with Crippen molar-refractivity contribution in [3.63, 3.8) is 0 Å².